The zero-order valence-corrected chi connectivity index (χ0v) is 13.3. The summed E-state index contributed by atoms with van der Waals surface area (Å²) in [4.78, 5) is 35.7. The van der Waals surface area contributed by atoms with Crippen molar-refractivity contribution in [3.05, 3.63) is 35.9 Å². The van der Waals surface area contributed by atoms with E-state index >= 15 is 0 Å². The van der Waals surface area contributed by atoms with Crippen LogP contribution < -0.4 is 0 Å². The van der Waals surface area contributed by atoms with Gasteiger partial charge in [0.25, 0.3) is 0 Å². The number of benzene rings is 1. The molecule has 23 heavy (non-hydrogen) atoms. The number of carbonyl (C=O) groups excluding carboxylic acids is 3. The Morgan fingerprint density at radius 3 is 2.70 bits per heavy atom. The summed E-state index contributed by atoms with van der Waals surface area (Å²) in [5.74, 6) is -0.634. The third-order valence-electron chi connectivity index (χ3n) is 4.21. The maximum Gasteiger partial charge on any atom is 0.336 e. The van der Waals surface area contributed by atoms with Crippen LogP contribution in [0.4, 0.5) is 0 Å². The summed E-state index contributed by atoms with van der Waals surface area (Å²) >= 11 is 0. The van der Waals surface area contributed by atoms with Crippen molar-refractivity contribution in [2.24, 2.45) is 0 Å². The van der Waals surface area contributed by atoms with E-state index in [0.29, 0.717) is 19.4 Å². The Kier molecular flexibility index (Phi) is 6.78. The van der Waals surface area contributed by atoms with Crippen LogP contribution in [0.3, 0.4) is 0 Å². The van der Waals surface area contributed by atoms with Gasteiger partial charge in [-0.05, 0) is 37.7 Å². The van der Waals surface area contributed by atoms with E-state index in [1.165, 1.54) is 5.56 Å². The number of likely N-dealkylation sites (tertiary alicyclic amines) is 1. The minimum absolute atomic E-state index is 0.0185. The second-order valence-electron chi connectivity index (χ2n) is 5.82. The van der Waals surface area contributed by atoms with Gasteiger partial charge in [0.05, 0.1) is 0 Å². The lowest BCUT2D eigenvalue weighted by atomic mass is 10.1. The number of amides is 1. The van der Waals surface area contributed by atoms with Crippen LogP contribution in [0.1, 0.15) is 44.1 Å². The molecule has 1 aliphatic heterocycles. The molecule has 1 fully saturated rings. The summed E-state index contributed by atoms with van der Waals surface area (Å²) in [7, 11) is 0. The van der Waals surface area contributed by atoms with Gasteiger partial charge in [-0.1, -0.05) is 36.8 Å². The van der Waals surface area contributed by atoms with Gasteiger partial charge in [0.15, 0.2) is 0 Å². The van der Waals surface area contributed by atoms with Gasteiger partial charge in [-0.3, -0.25) is 9.59 Å². The van der Waals surface area contributed by atoms with E-state index in [4.69, 9.17) is 0 Å². The highest BCUT2D eigenvalue weighted by atomic mass is 16.6. The molecule has 0 spiro atoms. The smallest absolute Gasteiger partial charge is 0.336 e. The first kappa shape index (κ1) is 17.2. The van der Waals surface area contributed by atoms with E-state index in [2.05, 4.69) is 16.9 Å². The van der Waals surface area contributed by atoms with E-state index in [1.54, 1.807) is 4.90 Å². The van der Waals surface area contributed by atoms with E-state index in [1.807, 2.05) is 18.2 Å². The molecule has 124 valence electrons. The van der Waals surface area contributed by atoms with E-state index in [9.17, 15) is 14.4 Å². The van der Waals surface area contributed by atoms with Crippen LogP contribution in [0.15, 0.2) is 30.3 Å². The standard InChI is InChI=1S/C18H23NO4/c20-14-23-18(22)16-11-7-13-19(16)17(21)12-6-2-5-10-15-8-3-1-4-9-15/h1,3-4,8-9,14,16H,2,5-7,10-13H2. The van der Waals surface area contributed by atoms with Gasteiger partial charge in [-0.15, -0.1) is 0 Å². The Balaban J connectivity index is 1.68. The average Bonchev–Trinajstić information content (AvgIpc) is 3.05. The summed E-state index contributed by atoms with van der Waals surface area (Å²) in [5, 5.41) is 0. The van der Waals surface area contributed by atoms with Gasteiger partial charge in [0.2, 0.25) is 5.91 Å². The zero-order chi connectivity index (χ0) is 16.5. The number of carbonyl (C=O) groups is 3. The Morgan fingerprint density at radius 2 is 1.96 bits per heavy atom. The second kappa shape index (κ2) is 9.08. The van der Waals surface area contributed by atoms with Gasteiger partial charge < -0.3 is 9.64 Å². The Hall–Kier alpha value is -2.17. The Labute approximate surface area is 136 Å². The van der Waals surface area contributed by atoms with Gasteiger partial charge in [0, 0.05) is 13.0 Å². The first-order chi connectivity index (χ1) is 11.2. The lowest BCUT2D eigenvalue weighted by Gasteiger charge is -2.22. The molecule has 0 bridgehead atoms. The molecule has 1 heterocycles. The van der Waals surface area contributed by atoms with Gasteiger partial charge in [-0.2, -0.15) is 0 Å². The number of esters is 1. The van der Waals surface area contributed by atoms with E-state index in [-0.39, 0.29) is 12.4 Å². The monoisotopic (exact) mass is 317 g/mol. The summed E-state index contributed by atoms with van der Waals surface area (Å²) in [6.45, 7) is 0.703. The first-order valence-corrected chi connectivity index (χ1v) is 8.20. The fourth-order valence-electron chi connectivity index (χ4n) is 3.01. The van der Waals surface area contributed by atoms with Crippen molar-refractivity contribution in [1.29, 1.82) is 0 Å². The molecule has 2 rings (SSSR count). The summed E-state index contributed by atoms with van der Waals surface area (Å²) in [6, 6.07) is 9.70. The number of hydrogen-bond donors (Lipinski definition) is 0. The molecule has 1 saturated heterocycles. The largest absolute Gasteiger partial charge is 0.394 e. The van der Waals surface area contributed by atoms with Crippen LogP contribution in [0.2, 0.25) is 0 Å². The molecular weight excluding hydrogens is 294 g/mol. The number of ether oxygens (including phenoxy) is 1. The fraction of sp³-hybridized carbons (Fsp3) is 0.500. The van der Waals surface area contributed by atoms with Crippen LogP contribution in [0.25, 0.3) is 0 Å². The van der Waals surface area contributed by atoms with E-state index < -0.39 is 12.0 Å². The molecule has 0 saturated carbocycles. The Bertz CT molecular complexity index is 529. The van der Waals surface area contributed by atoms with E-state index in [0.717, 1.165) is 32.1 Å². The van der Waals surface area contributed by atoms with Gasteiger partial charge in [0.1, 0.15) is 6.04 Å². The van der Waals surface area contributed by atoms with Crippen LogP contribution >= 0.6 is 0 Å². The van der Waals surface area contributed by atoms with Crippen molar-refractivity contribution in [3.63, 3.8) is 0 Å². The van der Waals surface area contributed by atoms with Crippen molar-refractivity contribution in [3.8, 4) is 0 Å². The van der Waals surface area contributed by atoms with Crippen LogP contribution in [0, 0.1) is 0 Å². The fourth-order valence-corrected chi connectivity index (χ4v) is 3.01. The summed E-state index contributed by atoms with van der Waals surface area (Å²) in [5.41, 5.74) is 1.31. The van der Waals surface area contributed by atoms with Gasteiger partial charge >= 0.3 is 12.4 Å². The number of hydrogen-bond acceptors (Lipinski definition) is 4. The van der Waals surface area contributed by atoms with Crippen molar-refractivity contribution in [2.75, 3.05) is 6.54 Å². The lowest BCUT2D eigenvalue weighted by molar-refractivity contribution is -0.158. The number of rotatable bonds is 8. The highest BCUT2D eigenvalue weighted by molar-refractivity contribution is 5.87. The number of aryl methyl sites for hydroxylation is 1. The maximum absolute atomic E-state index is 12.2. The highest BCUT2D eigenvalue weighted by Crippen LogP contribution is 2.20. The Morgan fingerprint density at radius 1 is 1.17 bits per heavy atom. The summed E-state index contributed by atoms with van der Waals surface area (Å²) < 4.78 is 4.38. The third kappa shape index (κ3) is 5.20. The molecule has 1 unspecified atom stereocenters. The molecule has 1 aromatic carbocycles. The SMILES string of the molecule is O=COC(=O)C1CCCN1C(=O)CCCCCc1ccccc1. The molecule has 1 aromatic rings. The van der Waals surface area contributed by atoms with Crippen LogP contribution in [-0.2, 0) is 25.5 Å². The normalized spacial score (nSPS) is 17.0. The average molecular weight is 317 g/mol. The van der Waals surface area contributed by atoms with Crippen molar-refractivity contribution >= 4 is 18.3 Å². The van der Waals surface area contributed by atoms with Crippen LogP contribution in [0.5, 0.6) is 0 Å². The molecule has 1 atom stereocenters. The quantitative estimate of drug-likeness (QED) is 0.320. The minimum Gasteiger partial charge on any atom is -0.394 e. The molecule has 0 aliphatic carbocycles. The third-order valence-corrected chi connectivity index (χ3v) is 4.21. The predicted molar refractivity (Wildman–Crippen MR) is 85.5 cm³/mol. The first-order valence-electron chi connectivity index (χ1n) is 8.20. The van der Waals surface area contributed by atoms with Crippen molar-refractivity contribution in [2.45, 2.75) is 51.0 Å². The molecule has 1 aliphatic rings. The predicted octanol–water partition coefficient (Wildman–Crippen LogP) is 2.48. The topological polar surface area (TPSA) is 63.7 Å². The molecule has 5 heteroatoms. The van der Waals surface area contributed by atoms with Crippen LogP contribution in [-0.4, -0.2) is 35.8 Å². The second-order valence-corrected chi connectivity index (χ2v) is 5.82. The maximum atomic E-state index is 12.2. The molecule has 5 nitrogen and oxygen atoms in total. The lowest BCUT2D eigenvalue weighted by Crippen LogP contribution is -2.41. The van der Waals surface area contributed by atoms with Crippen molar-refractivity contribution < 1.29 is 19.1 Å². The molecular formula is C18H23NO4. The molecule has 0 radical (unpaired) electrons. The highest BCUT2D eigenvalue weighted by Gasteiger charge is 2.34. The number of nitrogens with zero attached hydrogens (tertiary/aromatic N) is 1. The number of unbranched alkanes of at least 4 members (excludes halogenated alkanes) is 2. The zero-order valence-electron chi connectivity index (χ0n) is 13.3. The van der Waals surface area contributed by atoms with Gasteiger partial charge in [-0.25, -0.2) is 4.79 Å². The summed E-state index contributed by atoms with van der Waals surface area (Å²) in [6.07, 6.45) is 5.67. The molecule has 0 aromatic heterocycles. The van der Waals surface area contributed by atoms with Crippen molar-refractivity contribution in [1.82, 2.24) is 4.90 Å². The molecule has 1 amide bonds. The molecule has 0 N–H and O–H groups in total. The minimum atomic E-state index is -0.616.